The van der Waals surface area contributed by atoms with Crippen molar-refractivity contribution in [2.75, 3.05) is 6.54 Å². The first-order valence-corrected chi connectivity index (χ1v) is 3.18. The van der Waals surface area contributed by atoms with E-state index in [4.69, 9.17) is 0 Å². The Hall–Kier alpha value is -1.31. The van der Waals surface area contributed by atoms with Crippen LogP contribution < -0.4 is 0 Å². The van der Waals surface area contributed by atoms with Crippen LogP contribution in [0.15, 0.2) is 42.2 Å². The van der Waals surface area contributed by atoms with Gasteiger partial charge in [0.15, 0.2) is 0 Å². The highest BCUT2D eigenvalue weighted by Gasteiger charge is 1.89. The summed E-state index contributed by atoms with van der Waals surface area (Å²) in [4.78, 5) is 0. The number of allylic oxidation sites excluding steroid dienone is 3. The van der Waals surface area contributed by atoms with Crippen molar-refractivity contribution in [2.45, 2.75) is 0 Å². The van der Waals surface area contributed by atoms with Crippen LogP contribution in [-0.4, -0.2) is 17.8 Å². The van der Waals surface area contributed by atoms with Gasteiger partial charge in [0.05, 0.1) is 6.54 Å². The van der Waals surface area contributed by atoms with E-state index >= 15 is 0 Å². The highest BCUT2D eigenvalue weighted by Crippen LogP contribution is 1.94. The molecule has 0 saturated heterocycles. The molecule has 1 heterocycles. The summed E-state index contributed by atoms with van der Waals surface area (Å²) in [5, 5.41) is 5.89. The Labute approximate surface area is 60.8 Å². The van der Waals surface area contributed by atoms with Gasteiger partial charge < -0.3 is 0 Å². The quantitative estimate of drug-likeness (QED) is 0.523. The molecule has 0 aromatic heterocycles. The lowest BCUT2D eigenvalue weighted by atomic mass is 10.5. The monoisotopic (exact) mass is 134 g/mol. The van der Waals surface area contributed by atoms with Crippen LogP contribution in [0.4, 0.5) is 0 Å². The Morgan fingerprint density at radius 3 is 3.10 bits per heavy atom. The minimum absolute atomic E-state index is 0.759. The van der Waals surface area contributed by atoms with Crippen LogP contribution in [0.25, 0.3) is 0 Å². The van der Waals surface area contributed by atoms with E-state index < -0.39 is 0 Å². The molecule has 2 nitrogen and oxygen atoms in total. The number of hydrogen-bond donors (Lipinski definition) is 0. The topological polar surface area (TPSA) is 15.6 Å². The van der Waals surface area contributed by atoms with Crippen molar-refractivity contribution in [1.29, 1.82) is 0 Å². The van der Waals surface area contributed by atoms with Gasteiger partial charge in [-0.25, -0.2) is 0 Å². The zero-order chi connectivity index (χ0) is 7.23. The van der Waals surface area contributed by atoms with Crippen LogP contribution in [0.2, 0.25) is 0 Å². The second-order valence-corrected chi connectivity index (χ2v) is 1.90. The van der Waals surface area contributed by atoms with Crippen molar-refractivity contribution in [3.05, 3.63) is 37.1 Å². The Kier molecular flexibility index (Phi) is 2.49. The second kappa shape index (κ2) is 3.67. The molecule has 0 aromatic rings. The largest absolute Gasteiger partial charge is 0.269 e. The van der Waals surface area contributed by atoms with E-state index in [9.17, 15) is 0 Å². The van der Waals surface area contributed by atoms with Gasteiger partial charge in [0, 0.05) is 12.4 Å². The molecule has 0 aliphatic carbocycles. The van der Waals surface area contributed by atoms with Gasteiger partial charge in [0.25, 0.3) is 0 Å². The Morgan fingerprint density at radius 1 is 1.40 bits per heavy atom. The average molecular weight is 134 g/mol. The maximum atomic E-state index is 4.08. The minimum Gasteiger partial charge on any atom is -0.269 e. The highest BCUT2D eigenvalue weighted by molar-refractivity contribution is 5.71. The molecule has 0 spiro atoms. The van der Waals surface area contributed by atoms with E-state index in [2.05, 4.69) is 11.7 Å². The van der Waals surface area contributed by atoms with Crippen LogP contribution >= 0.6 is 0 Å². The van der Waals surface area contributed by atoms with E-state index in [0.717, 1.165) is 6.54 Å². The lowest BCUT2D eigenvalue weighted by Gasteiger charge is -2.08. The van der Waals surface area contributed by atoms with E-state index in [1.54, 1.807) is 6.21 Å². The van der Waals surface area contributed by atoms with Crippen molar-refractivity contribution in [3.8, 4) is 0 Å². The molecule has 10 heavy (non-hydrogen) atoms. The number of nitrogens with zero attached hydrogens (tertiary/aromatic N) is 2. The molecule has 0 bridgehead atoms. The minimum atomic E-state index is 0.759. The van der Waals surface area contributed by atoms with E-state index in [1.165, 1.54) is 0 Å². The lowest BCUT2D eigenvalue weighted by molar-refractivity contribution is 0.448. The molecule has 52 valence electrons. The third-order valence-electron chi connectivity index (χ3n) is 1.10. The number of rotatable bonds is 2. The zero-order valence-electron chi connectivity index (χ0n) is 5.77. The van der Waals surface area contributed by atoms with Crippen molar-refractivity contribution in [1.82, 2.24) is 5.01 Å². The normalized spacial score (nSPS) is 15.4. The maximum absolute atomic E-state index is 4.08. The first kappa shape index (κ1) is 6.81. The van der Waals surface area contributed by atoms with Gasteiger partial charge in [-0.05, 0) is 12.2 Å². The Morgan fingerprint density at radius 2 is 2.30 bits per heavy atom. The summed E-state index contributed by atoms with van der Waals surface area (Å²) in [6, 6.07) is 0. The van der Waals surface area contributed by atoms with E-state index in [-0.39, 0.29) is 0 Å². The standard InChI is InChI=1S/C8H10N2/c1-2-7-10-8-5-3-4-6-9-10/h2-6,8H,1,7H2. The van der Waals surface area contributed by atoms with Gasteiger partial charge >= 0.3 is 0 Å². The fraction of sp³-hybridized carbons (Fsp3) is 0.125. The molecule has 0 N–H and O–H groups in total. The average Bonchev–Trinajstić information content (AvgIpc) is 2.17. The Balaban J connectivity index is 2.54. The predicted molar refractivity (Wildman–Crippen MR) is 43.7 cm³/mol. The summed E-state index contributed by atoms with van der Waals surface area (Å²) < 4.78 is 0. The molecular weight excluding hydrogens is 124 g/mol. The molecule has 0 fully saturated rings. The first-order chi connectivity index (χ1) is 4.93. The number of hydrazone groups is 1. The molecule has 0 aromatic carbocycles. The molecule has 0 atom stereocenters. The Bertz CT molecular complexity index is 173. The fourth-order valence-corrected chi connectivity index (χ4v) is 0.666. The van der Waals surface area contributed by atoms with Crippen molar-refractivity contribution < 1.29 is 0 Å². The van der Waals surface area contributed by atoms with Crippen LogP contribution in [0.3, 0.4) is 0 Å². The van der Waals surface area contributed by atoms with Crippen LogP contribution in [0.1, 0.15) is 0 Å². The van der Waals surface area contributed by atoms with Gasteiger partial charge in [-0.2, -0.15) is 5.10 Å². The lowest BCUT2D eigenvalue weighted by Crippen LogP contribution is -2.08. The van der Waals surface area contributed by atoms with E-state index in [0.29, 0.717) is 0 Å². The number of hydrogen-bond acceptors (Lipinski definition) is 2. The summed E-state index contributed by atoms with van der Waals surface area (Å²) >= 11 is 0. The molecule has 1 rings (SSSR count). The van der Waals surface area contributed by atoms with Crippen LogP contribution in [0, 0.1) is 0 Å². The summed E-state index contributed by atoms with van der Waals surface area (Å²) in [5.41, 5.74) is 0. The third kappa shape index (κ3) is 1.90. The summed E-state index contributed by atoms with van der Waals surface area (Å²) in [5.74, 6) is 0. The van der Waals surface area contributed by atoms with Gasteiger partial charge in [0.2, 0.25) is 0 Å². The summed E-state index contributed by atoms with van der Waals surface area (Å²) in [6.07, 6.45) is 11.2. The smallest absolute Gasteiger partial charge is 0.0587 e. The zero-order valence-corrected chi connectivity index (χ0v) is 5.77. The van der Waals surface area contributed by atoms with Gasteiger partial charge in [-0.1, -0.05) is 12.2 Å². The second-order valence-electron chi connectivity index (χ2n) is 1.90. The van der Waals surface area contributed by atoms with Crippen molar-refractivity contribution in [3.63, 3.8) is 0 Å². The van der Waals surface area contributed by atoms with Gasteiger partial charge in [0.1, 0.15) is 0 Å². The molecule has 0 saturated carbocycles. The van der Waals surface area contributed by atoms with Crippen LogP contribution in [-0.2, 0) is 0 Å². The van der Waals surface area contributed by atoms with E-state index in [1.807, 2.05) is 35.5 Å². The molecule has 0 radical (unpaired) electrons. The van der Waals surface area contributed by atoms with Crippen molar-refractivity contribution in [2.24, 2.45) is 5.10 Å². The SMILES string of the molecule is C=CCN1C=CC=CC=N1. The van der Waals surface area contributed by atoms with Crippen molar-refractivity contribution >= 4 is 6.21 Å². The fourth-order valence-electron chi connectivity index (χ4n) is 0.666. The molecule has 0 amide bonds. The first-order valence-electron chi connectivity index (χ1n) is 3.18. The molecule has 1 aliphatic heterocycles. The molecule has 1 aliphatic rings. The molecule has 0 unspecified atom stereocenters. The third-order valence-corrected chi connectivity index (χ3v) is 1.10. The van der Waals surface area contributed by atoms with Gasteiger partial charge in [-0.15, -0.1) is 6.58 Å². The highest BCUT2D eigenvalue weighted by atomic mass is 15.4. The molecular formula is C8H10N2. The summed E-state index contributed by atoms with van der Waals surface area (Å²) in [7, 11) is 0. The predicted octanol–water partition coefficient (Wildman–Crippen LogP) is 1.54. The van der Waals surface area contributed by atoms with Gasteiger partial charge in [-0.3, -0.25) is 5.01 Å². The molecule has 2 heteroatoms. The maximum Gasteiger partial charge on any atom is 0.0587 e. The van der Waals surface area contributed by atoms with Crippen LogP contribution in [0.5, 0.6) is 0 Å². The summed E-state index contributed by atoms with van der Waals surface area (Å²) in [6.45, 7) is 4.37.